The molecule has 1 saturated heterocycles. The number of rotatable bonds is 1. The SMILES string of the molecule is CC(C)(C)c1ccc2c(F)nn(C3CCC(=O)NC3=O)c2c1. The van der Waals surface area contributed by atoms with Crippen LogP contribution < -0.4 is 5.32 Å². The summed E-state index contributed by atoms with van der Waals surface area (Å²) in [5.74, 6) is -1.32. The molecule has 22 heavy (non-hydrogen) atoms. The van der Waals surface area contributed by atoms with Crippen LogP contribution in [0.2, 0.25) is 0 Å². The Morgan fingerprint density at radius 3 is 2.68 bits per heavy atom. The van der Waals surface area contributed by atoms with Crippen molar-refractivity contribution >= 4 is 22.7 Å². The van der Waals surface area contributed by atoms with Gasteiger partial charge >= 0.3 is 0 Å². The summed E-state index contributed by atoms with van der Waals surface area (Å²) in [5.41, 5.74) is 1.53. The molecule has 1 atom stereocenters. The smallest absolute Gasteiger partial charge is 0.251 e. The largest absolute Gasteiger partial charge is 0.295 e. The van der Waals surface area contributed by atoms with Gasteiger partial charge in [0.2, 0.25) is 11.9 Å². The number of hydrogen-bond acceptors (Lipinski definition) is 3. The second-order valence-electron chi connectivity index (χ2n) is 6.68. The zero-order valence-corrected chi connectivity index (χ0v) is 12.8. The highest BCUT2D eigenvalue weighted by Gasteiger charge is 2.31. The second-order valence-corrected chi connectivity index (χ2v) is 6.68. The number of nitrogens with zero attached hydrogens (tertiary/aromatic N) is 2. The summed E-state index contributed by atoms with van der Waals surface area (Å²) in [6.45, 7) is 6.20. The molecule has 2 heterocycles. The van der Waals surface area contributed by atoms with Crippen LogP contribution in [0.5, 0.6) is 0 Å². The lowest BCUT2D eigenvalue weighted by Crippen LogP contribution is -2.42. The number of aromatic nitrogens is 2. The third-order valence-corrected chi connectivity index (χ3v) is 4.03. The van der Waals surface area contributed by atoms with Crippen LogP contribution in [0.25, 0.3) is 10.9 Å². The topological polar surface area (TPSA) is 64.0 Å². The lowest BCUT2D eigenvalue weighted by molar-refractivity contribution is -0.135. The molecular weight excluding hydrogens is 285 g/mol. The number of fused-ring (bicyclic) bond motifs is 1. The van der Waals surface area contributed by atoms with Gasteiger partial charge in [-0.1, -0.05) is 26.8 Å². The maximum Gasteiger partial charge on any atom is 0.251 e. The monoisotopic (exact) mass is 303 g/mol. The molecule has 0 spiro atoms. The van der Waals surface area contributed by atoms with Crippen LogP contribution in [-0.4, -0.2) is 21.6 Å². The minimum atomic E-state index is -0.653. The van der Waals surface area contributed by atoms with Crippen LogP contribution in [0.3, 0.4) is 0 Å². The number of carbonyl (C=O) groups excluding carboxylic acids is 2. The van der Waals surface area contributed by atoms with Gasteiger partial charge in [0.05, 0.1) is 10.9 Å². The van der Waals surface area contributed by atoms with E-state index in [1.54, 1.807) is 6.07 Å². The molecule has 1 fully saturated rings. The van der Waals surface area contributed by atoms with Gasteiger partial charge in [0.1, 0.15) is 6.04 Å². The molecule has 1 aromatic carbocycles. The quantitative estimate of drug-likeness (QED) is 0.823. The third-order valence-electron chi connectivity index (χ3n) is 4.03. The number of piperidine rings is 1. The summed E-state index contributed by atoms with van der Waals surface area (Å²) in [4.78, 5) is 23.3. The van der Waals surface area contributed by atoms with Crippen molar-refractivity contribution in [2.45, 2.75) is 45.1 Å². The van der Waals surface area contributed by atoms with Crippen molar-refractivity contribution in [1.29, 1.82) is 0 Å². The number of benzene rings is 1. The Balaban J connectivity index is 2.13. The third kappa shape index (κ3) is 2.38. The average molecular weight is 303 g/mol. The summed E-state index contributed by atoms with van der Waals surface area (Å²) < 4.78 is 15.5. The lowest BCUT2D eigenvalue weighted by atomic mass is 9.86. The molecule has 5 nitrogen and oxygen atoms in total. The predicted octanol–water partition coefficient (Wildman–Crippen LogP) is 2.45. The average Bonchev–Trinajstić information content (AvgIpc) is 2.75. The van der Waals surface area contributed by atoms with E-state index in [2.05, 4.69) is 31.2 Å². The lowest BCUT2D eigenvalue weighted by Gasteiger charge is -2.23. The molecule has 2 amide bonds. The Morgan fingerprint density at radius 1 is 1.32 bits per heavy atom. The molecular formula is C16H18FN3O2. The minimum Gasteiger partial charge on any atom is -0.295 e. The van der Waals surface area contributed by atoms with Crippen LogP contribution in [0.1, 0.15) is 45.2 Å². The van der Waals surface area contributed by atoms with Gasteiger partial charge in [0, 0.05) is 6.42 Å². The number of nitrogens with one attached hydrogen (secondary N) is 1. The Hall–Kier alpha value is -2.24. The number of halogens is 1. The first-order chi connectivity index (χ1) is 10.3. The standard InChI is InChI=1S/C16H18FN3O2/c1-16(2,3)9-4-5-10-12(8-9)20(19-14(10)17)11-6-7-13(21)18-15(11)22/h4-5,8,11H,6-7H2,1-3H3,(H,18,21,22). The van der Waals surface area contributed by atoms with Crippen LogP contribution in [0, 0.1) is 5.95 Å². The summed E-state index contributed by atoms with van der Waals surface area (Å²) in [6.07, 6.45) is 0.568. The predicted molar refractivity (Wildman–Crippen MR) is 79.8 cm³/mol. The molecule has 2 aromatic rings. The maximum atomic E-state index is 14.1. The first-order valence-corrected chi connectivity index (χ1v) is 7.29. The van der Waals surface area contributed by atoms with Crippen molar-refractivity contribution in [3.8, 4) is 0 Å². The zero-order valence-electron chi connectivity index (χ0n) is 12.8. The maximum absolute atomic E-state index is 14.1. The van der Waals surface area contributed by atoms with Gasteiger partial charge < -0.3 is 0 Å². The summed E-state index contributed by atoms with van der Waals surface area (Å²) in [7, 11) is 0. The van der Waals surface area contributed by atoms with Crippen molar-refractivity contribution in [3.63, 3.8) is 0 Å². The fourth-order valence-corrected chi connectivity index (χ4v) is 2.72. The zero-order chi connectivity index (χ0) is 16.1. The Kier molecular flexibility index (Phi) is 3.27. The van der Waals surface area contributed by atoms with Crippen LogP contribution in [0.15, 0.2) is 18.2 Å². The Bertz CT molecular complexity index is 774. The summed E-state index contributed by atoms with van der Waals surface area (Å²) >= 11 is 0. The van der Waals surface area contributed by atoms with Gasteiger partial charge in [-0.2, -0.15) is 4.39 Å². The van der Waals surface area contributed by atoms with Gasteiger partial charge in [0.25, 0.3) is 5.91 Å². The van der Waals surface area contributed by atoms with E-state index < -0.39 is 17.9 Å². The summed E-state index contributed by atoms with van der Waals surface area (Å²) in [5, 5.41) is 6.56. The Labute approximate surface area is 127 Å². The number of amides is 2. The molecule has 6 heteroatoms. The molecule has 1 N–H and O–H groups in total. The molecule has 0 aliphatic carbocycles. The second kappa shape index (κ2) is 4.90. The highest BCUT2D eigenvalue weighted by atomic mass is 19.1. The van der Waals surface area contributed by atoms with E-state index in [9.17, 15) is 14.0 Å². The molecule has 1 aromatic heterocycles. The number of hydrogen-bond donors (Lipinski definition) is 1. The van der Waals surface area contributed by atoms with Crippen molar-refractivity contribution in [3.05, 3.63) is 29.7 Å². The molecule has 0 saturated carbocycles. The fourth-order valence-electron chi connectivity index (χ4n) is 2.72. The van der Waals surface area contributed by atoms with Crippen LogP contribution in [-0.2, 0) is 15.0 Å². The van der Waals surface area contributed by atoms with Crippen molar-refractivity contribution < 1.29 is 14.0 Å². The Morgan fingerprint density at radius 2 is 2.05 bits per heavy atom. The summed E-state index contributed by atoms with van der Waals surface area (Å²) in [6, 6.07) is 4.79. The van der Waals surface area contributed by atoms with Crippen LogP contribution in [0.4, 0.5) is 4.39 Å². The fraction of sp³-hybridized carbons (Fsp3) is 0.438. The minimum absolute atomic E-state index is 0.0927. The molecule has 1 unspecified atom stereocenters. The van der Waals surface area contributed by atoms with E-state index in [4.69, 9.17) is 0 Å². The van der Waals surface area contributed by atoms with E-state index in [-0.39, 0.29) is 17.7 Å². The number of imide groups is 1. The highest BCUT2D eigenvalue weighted by Crippen LogP contribution is 2.30. The molecule has 3 rings (SSSR count). The van der Waals surface area contributed by atoms with E-state index in [1.807, 2.05) is 12.1 Å². The van der Waals surface area contributed by atoms with Gasteiger partial charge in [-0.05, 0) is 29.5 Å². The first kappa shape index (κ1) is 14.7. The molecule has 116 valence electrons. The first-order valence-electron chi connectivity index (χ1n) is 7.29. The van der Waals surface area contributed by atoms with E-state index in [0.29, 0.717) is 17.3 Å². The number of carbonyl (C=O) groups is 2. The van der Waals surface area contributed by atoms with Crippen molar-refractivity contribution in [2.75, 3.05) is 0 Å². The van der Waals surface area contributed by atoms with Crippen LogP contribution >= 0.6 is 0 Å². The molecule has 1 aliphatic heterocycles. The van der Waals surface area contributed by atoms with Crippen molar-refractivity contribution in [2.24, 2.45) is 0 Å². The highest BCUT2D eigenvalue weighted by molar-refractivity contribution is 6.00. The molecule has 1 aliphatic rings. The van der Waals surface area contributed by atoms with E-state index in [1.165, 1.54) is 4.68 Å². The van der Waals surface area contributed by atoms with E-state index in [0.717, 1.165) is 5.56 Å². The van der Waals surface area contributed by atoms with Gasteiger partial charge in [0.15, 0.2) is 0 Å². The molecule has 0 bridgehead atoms. The van der Waals surface area contributed by atoms with Gasteiger partial charge in [-0.3, -0.25) is 14.9 Å². The molecule has 0 radical (unpaired) electrons. The van der Waals surface area contributed by atoms with Crippen molar-refractivity contribution in [1.82, 2.24) is 15.1 Å². The van der Waals surface area contributed by atoms with E-state index >= 15 is 0 Å². The van der Waals surface area contributed by atoms with Gasteiger partial charge in [-0.25, -0.2) is 4.68 Å². The normalized spacial score (nSPS) is 19.5. The van der Waals surface area contributed by atoms with Gasteiger partial charge in [-0.15, -0.1) is 5.10 Å².